The van der Waals surface area contributed by atoms with E-state index in [9.17, 15) is 0 Å². The van der Waals surface area contributed by atoms with Crippen LogP contribution in [0.25, 0.3) is 10.8 Å². The van der Waals surface area contributed by atoms with Gasteiger partial charge >= 0.3 is 0 Å². The highest BCUT2D eigenvalue weighted by Crippen LogP contribution is 2.31. The van der Waals surface area contributed by atoms with Crippen molar-refractivity contribution in [1.82, 2.24) is 4.98 Å². The van der Waals surface area contributed by atoms with Crippen LogP contribution < -0.4 is 10.6 Å². The van der Waals surface area contributed by atoms with Crippen molar-refractivity contribution >= 4 is 22.1 Å². The molecule has 78 valence electrons. The van der Waals surface area contributed by atoms with Gasteiger partial charge in [-0.1, -0.05) is 0 Å². The Kier molecular flexibility index (Phi) is 2.23. The number of nitrogens with two attached hydrogens (primary N) is 1. The van der Waals surface area contributed by atoms with Gasteiger partial charge in [0.2, 0.25) is 0 Å². The van der Waals surface area contributed by atoms with Crippen LogP contribution >= 0.6 is 0 Å². The zero-order valence-electron chi connectivity index (χ0n) is 9.28. The summed E-state index contributed by atoms with van der Waals surface area (Å²) in [6.45, 7) is 2.03. The second-order valence-corrected chi connectivity index (χ2v) is 3.94. The Bertz CT molecular complexity index is 503. The molecule has 1 aromatic heterocycles. The van der Waals surface area contributed by atoms with E-state index < -0.39 is 0 Å². The molecular formula is C12H15N3. The number of rotatable bonds is 1. The van der Waals surface area contributed by atoms with Crippen molar-refractivity contribution in [1.29, 1.82) is 0 Å². The van der Waals surface area contributed by atoms with Crippen molar-refractivity contribution < 1.29 is 0 Å². The Morgan fingerprint density at radius 3 is 2.67 bits per heavy atom. The first kappa shape index (κ1) is 9.77. The van der Waals surface area contributed by atoms with E-state index in [-0.39, 0.29) is 0 Å². The molecule has 0 aliphatic carbocycles. The number of anilines is 2. The Balaban J connectivity index is 2.88. The summed E-state index contributed by atoms with van der Waals surface area (Å²) in [4.78, 5) is 6.22. The van der Waals surface area contributed by atoms with Gasteiger partial charge in [0.25, 0.3) is 0 Å². The van der Waals surface area contributed by atoms with Crippen LogP contribution in [0.4, 0.5) is 11.4 Å². The van der Waals surface area contributed by atoms with Crippen LogP contribution in [-0.4, -0.2) is 19.1 Å². The lowest BCUT2D eigenvalue weighted by atomic mass is 10.0. The van der Waals surface area contributed by atoms with Gasteiger partial charge in [-0.25, -0.2) is 0 Å². The normalized spacial score (nSPS) is 10.6. The summed E-state index contributed by atoms with van der Waals surface area (Å²) < 4.78 is 0. The minimum atomic E-state index is 0.845. The number of hydrogen-bond donors (Lipinski definition) is 1. The standard InChI is InChI=1S/C12H15N3/c1-8-6-11(15(2)3)10-7-14-5-4-9(10)12(8)13/h4-7H,13H2,1-3H3. The van der Waals surface area contributed by atoms with Gasteiger partial charge in [0.1, 0.15) is 0 Å². The molecule has 0 fully saturated rings. The molecule has 0 saturated carbocycles. The van der Waals surface area contributed by atoms with Gasteiger partial charge < -0.3 is 10.6 Å². The van der Waals surface area contributed by atoms with E-state index in [0.717, 1.165) is 27.7 Å². The monoisotopic (exact) mass is 201 g/mol. The Hall–Kier alpha value is -1.77. The molecule has 0 spiro atoms. The number of benzene rings is 1. The molecule has 0 amide bonds. The zero-order valence-corrected chi connectivity index (χ0v) is 9.28. The maximum absolute atomic E-state index is 6.04. The van der Waals surface area contributed by atoms with Gasteiger partial charge in [0.15, 0.2) is 0 Å². The van der Waals surface area contributed by atoms with Crippen molar-refractivity contribution in [3.8, 4) is 0 Å². The molecule has 0 atom stereocenters. The molecule has 3 nitrogen and oxygen atoms in total. The summed E-state index contributed by atoms with van der Waals surface area (Å²) >= 11 is 0. The molecule has 3 heteroatoms. The first-order valence-corrected chi connectivity index (χ1v) is 4.91. The molecule has 0 aliphatic heterocycles. The first-order valence-electron chi connectivity index (χ1n) is 4.91. The summed E-state index contributed by atoms with van der Waals surface area (Å²) in [6, 6.07) is 4.06. The Morgan fingerprint density at radius 1 is 1.27 bits per heavy atom. The summed E-state index contributed by atoms with van der Waals surface area (Å²) in [6.07, 6.45) is 3.64. The van der Waals surface area contributed by atoms with Crippen LogP contribution in [0.2, 0.25) is 0 Å². The fourth-order valence-corrected chi connectivity index (χ4v) is 1.78. The van der Waals surface area contributed by atoms with Gasteiger partial charge in [-0.15, -0.1) is 0 Å². The lowest BCUT2D eigenvalue weighted by molar-refractivity contribution is 1.14. The second kappa shape index (κ2) is 3.42. The molecule has 1 heterocycles. The smallest absolute Gasteiger partial charge is 0.0460 e. The van der Waals surface area contributed by atoms with E-state index in [4.69, 9.17) is 5.73 Å². The molecule has 1 aromatic carbocycles. The highest BCUT2D eigenvalue weighted by Gasteiger charge is 2.08. The third-order valence-corrected chi connectivity index (χ3v) is 2.65. The molecule has 0 radical (unpaired) electrons. The lowest BCUT2D eigenvalue weighted by Gasteiger charge is -2.17. The number of pyridine rings is 1. The van der Waals surface area contributed by atoms with Crippen LogP contribution in [0.15, 0.2) is 24.5 Å². The third kappa shape index (κ3) is 1.50. The summed E-state index contributed by atoms with van der Waals surface area (Å²) in [5.41, 5.74) is 9.15. The summed E-state index contributed by atoms with van der Waals surface area (Å²) in [5.74, 6) is 0. The van der Waals surface area contributed by atoms with E-state index in [1.54, 1.807) is 6.20 Å². The minimum absolute atomic E-state index is 0.845. The van der Waals surface area contributed by atoms with Crippen LogP contribution in [0.5, 0.6) is 0 Å². The van der Waals surface area contributed by atoms with E-state index in [0.29, 0.717) is 0 Å². The fourth-order valence-electron chi connectivity index (χ4n) is 1.78. The number of aryl methyl sites for hydroxylation is 1. The van der Waals surface area contributed by atoms with Crippen LogP contribution in [0.3, 0.4) is 0 Å². The Morgan fingerprint density at radius 2 is 2.00 bits per heavy atom. The number of aromatic nitrogens is 1. The zero-order chi connectivity index (χ0) is 11.0. The SMILES string of the molecule is Cc1cc(N(C)C)c2cnccc2c1N. The van der Waals surface area contributed by atoms with Gasteiger partial charge in [0, 0.05) is 48.6 Å². The average molecular weight is 201 g/mol. The van der Waals surface area contributed by atoms with Gasteiger partial charge in [0.05, 0.1) is 0 Å². The van der Waals surface area contributed by atoms with E-state index in [2.05, 4.69) is 16.0 Å². The first-order chi connectivity index (χ1) is 7.11. The molecule has 2 N–H and O–H groups in total. The topological polar surface area (TPSA) is 42.2 Å². The Labute approximate surface area is 89.5 Å². The van der Waals surface area contributed by atoms with Gasteiger partial charge in [-0.3, -0.25) is 4.98 Å². The molecule has 0 aliphatic rings. The highest BCUT2D eigenvalue weighted by molar-refractivity contribution is 6.02. The molecule has 0 bridgehead atoms. The maximum atomic E-state index is 6.04. The quantitative estimate of drug-likeness (QED) is 0.719. The van der Waals surface area contributed by atoms with Crippen molar-refractivity contribution in [3.63, 3.8) is 0 Å². The van der Waals surface area contributed by atoms with Crippen molar-refractivity contribution in [2.45, 2.75) is 6.92 Å². The van der Waals surface area contributed by atoms with Gasteiger partial charge in [-0.2, -0.15) is 0 Å². The number of fused-ring (bicyclic) bond motifs is 1. The molecular weight excluding hydrogens is 186 g/mol. The molecule has 0 unspecified atom stereocenters. The third-order valence-electron chi connectivity index (χ3n) is 2.65. The van der Waals surface area contributed by atoms with E-state index in [1.807, 2.05) is 33.3 Å². The summed E-state index contributed by atoms with van der Waals surface area (Å²) in [5, 5.41) is 2.18. The molecule has 15 heavy (non-hydrogen) atoms. The fraction of sp³-hybridized carbons (Fsp3) is 0.250. The largest absolute Gasteiger partial charge is 0.398 e. The predicted molar refractivity (Wildman–Crippen MR) is 65.2 cm³/mol. The maximum Gasteiger partial charge on any atom is 0.0460 e. The van der Waals surface area contributed by atoms with Crippen molar-refractivity contribution in [3.05, 3.63) is 30.1 Å². The van der Waals surface area contributed by atoms with E-state index in [1.165, 1.54) is 0 Å². The molecule has 2 rings (SSSR count). The number of nitrogens with zero attached hydrogens (tertiary/aromatic N) is 2. The van der Waals surface area contributed by atoms with Crippen LogP contribution in [0, 0.1) is 6.92 Å². The lowest BCUT2D eigenvalue weighted by Crippen LogP contribution is -2.10. The molecule has 2 aromatic rings. The van der Waals surface area contributed by atoms with Crippen molar-refractivity contribution in [2.75, 3.05) is 24.7 Å². The average Bonchev–Trinajstić information content (AvgIpc) is 2.23. The number of nitrogen functional groups attached to an aromatic ring is 1. The predicted octanol–water partition coefficient (Wildman–Crippen LogP) is 2.19. The van der Waals surface area contributed by atoms with E-state index >= 15 is 0 Å². The second-order valence-electron chi connectivity index (χ2n) is 3.94. The van der Waals surface area contributed by atoms with Crippen LogP contribution in [-0.2, 0) is 0 Å². The van der Waals surface area contributed by atoms with Crippen LogP contribution in [0.1, 0.15) is 5.56 Å². The number of hydrogen-bond acceptors (Lipinski definition) is 3. The highest BCUT2D eigenvalue weighted by atomic mass is 15.1. The summed E-state index contributed by atoms with van der Waals surface area (Å²) in [7, 11) is 4.05. The minimum Gasteiger partial charge on any atom is -0.398 e. The van der Waals surface area contributed by atoms with Gasteiger partial charge in [-0.05, 0) is 24.6 Å². The molecule has 0 saturated heterocycles. The van der Waals surface area contributed by atoms with Crippen molar-refractivity contribution in [2.24, 2.45) is 0 Å².